The van der Waals surface area contributed by atoms with Gasteiger partial charge in [-0.15, -0.1) is 24.0 Å². The summed E-state index contributed by atoms with van der Waals surface area (Å²) < 4.78 is 0. The Morgan fingerprint density at radius 3 is 2.89 bits per heavy atom. The van der Waals surface area contributed by atoms with E-state index in [1.54, 1.807) is 0 Å². The highest BCUT2D eigenvalue weighted by molar-refractivity contribution is 14.0. The third-order valence-electron chi connectivity index (χ3n) is 5.31. The van der Waals surface area contributed by atoms with E-state index in [2.05, 4.69) is 45.4 Å². The fourth-order valence-electron chi connectivity index (χ4n) is 3.87. The minimum Gasteiger partial charge on any atom is -0.357 e. The molecule has 0 spiro atoms. The molecule has 1 aliphatic rings. The van der Waals surface area contributed by atoms with E-state index < -0.39 is 0 Å². The highest BCUT2D eigenvalue weighted by atomic mass is 127. The number of benzene rings is 1. The van der Waals surface area contributed by atoms with E-state index >= 15 is 0 Å². The van der Waals surface area contributed by atoms with Gasteiger partial charge in [-0.25, -0.2) is 4.98 Å². The summed E-state index contributed by atoms with van der Waals surface area (Å²) in [5.74, 6) is 1.91. The van der Waals surface area contributed by atoms with Crippen LogP contribution in [0.2, 0.25) is 0 Å². The lowest BCUT2D eigenvalue weighted by Gasteiger charge is -2.34. The first kappa shape index (κ1) is 22.9. The van der Waals surface area contributed by atoms with Crippen LogP contribution in [-0.4, -0.2) is 59.6 Å². The molecule has 28 heavy (non-hydrogen) atoms. The van der Waals surface area contributed by atoms with Gasteiger partial charge in [-0.1, -0.05) is 25.5 Å². The summed E-state index contributed by atoms with van der Waals surface area (Å²) in [6.07, 6.45) is 6.15. The van der Waals surface area contributed by atoms with E-state index in [9.17, 15) is 0 Å². The molecule has 1 atom stereocenters. The Balaban J connectivity index is 0.00000280. The van der Waals surface area contributed by atoms with Crippen molar-refractivity contribution in [3.05, 3.63) is 30.1 Å². The van der Waals surface area contributed by atoms with Crippen LogP contribution >= 0.6 is 24.0 Å². The Hall–Kier alpha value is -1.35. The lowest BCUT2D eigenvalue weighted by atomic mass is 10.0. The molecule has 1 aliphatic heterocycles. The fourth-order valence-corrected chi connectivity index (χ4v) is 3.87. The van der Waals surface area contributed by atoms with Crippen molar-refractivity contribution in [3.63, 3.8) is 0 Å². The van der Waals surface area contributed by atoms with E-state index in [4.69, 9.17) is 4.99 Å². The van der Waals surface area contributed by atoms with Crippen LogP contribution in [0.25, 0.3) is 11.0 Å². The predicted molar refractivity (Wildman–Crippen MR) is 129 cm³/mol. The minimum atomic E-state index is 0. The smallest absolute Gasteiger partial charge is 0.191 e. The van der Waals surface area contributed by atoms with Gasteiger partial charge in [0.2, 0.25) is 0 Å². The zero-order valence-corrected chi connectivity index (χ0v) is 19.5. The average Bonchev–Trinajstić information content (AvgIpc) is 3.11. The maximum absolute atomic E-state index is 4.77. The van der Waals surface area contributed by atoms with Crippen molar-refractivity contribution in [2.24, 2.45) is 4.99 Å². The Labute approximate surface area is 186 Å². The number of nitrogens with zero attached hydrogens (tertiary/aromatic N) is 3. The molecule has 0 amide bonds. The normalized spacial score (nSPS) is 18.1. The zero-order chi connectivity index (χ0) is 18.9. The molecule has 2 heterocycles. The SMILES string of the molecule is CCNC(=NCCN1CCCCC1CC)NCCc1nc2ccccc2[nH]1.I. The van der Waals surface area contributed by atoms with Gasteiger partial charge in [-0.3, -0.25) is 9.89 Å². The first-order valence-corrected chi connectivity index (χ1v) is 10.5. The van der Waals surface area contributed by atoms with Gasteiger partial charge in [0.05, 0.1) is 17.6 Å². The van der Waals surface area contributed by atoms with Gasteiger partial charge in [0.15, 0.2) is 5.96 Å². The van der Waals surface area contributed by atoms with Crippen LogP contribution in [0.5, 0.6) is 0 Å². The van der Waals surface area contributed by atoms with Crippen molar-refractivity contribution in [2.45, 2.75) is 52.0 Å². The predicted octanol–water partition coefficient (Wildman–Crippen LogP) is 3.54. The molecule has 0 bridgehead atoms. The second kappa shape index (κ2) is 12.3. The van der Waals surface area contributed by atoms with Crippen LogP contribution in [-0.2, 0) is 6.42 Å². The summed E-state index contributed by atoms with van der Waals surface area (Å²) in [4.78, 5) is 15.4. The molecule has 0 aliphatic carbocycles. The van der Waals surface area contributed by atoms with Crippen LogP contribution in [0.15, 0.2) is 29.3 Å². The van der Waals surface area contributed by atoms with Gasteiger partial charge in [0, 0.05) is 32.1 Å². The van der Waals surface area contributed by atoms with Crippen molar-refractivity contribution < 1.29 is 0 Å². The van der Waals surface area contributed by atoms with Crippen LogP contribution in [0.4, 0.5) is 0 Å². The van der Waals surface area contributed by atoms with Crippen LogP contribution in [0, 0.1) is 0 Å². The number of aromatic nitrogens is 2. The summed E-state index contributed by atoms with van der Waals surface area (Å²) in [6, 6.07) is 8.90. The summed E-state index contributed by atoms with van der Waals surface area (Å²) >= 11 is 0. The van der Waals surface area contributed by atoms with Crippen molar-refractivity contribution in [2.75, 3.05) is 32.7 Å². The first-order chi connectivity index (χ1) is 13.3. The van der Waals surface area contributed by atoms with Gasteiger partial charge in [-0.2, -0.15) is 0 Å². The first-order valence-electron chi connectivity index (χ1n) is 10.5. The van der Waals surface area contributed by atoms with Crippen molar-refractivity contribution >= 4 is 41.0 Å². The highest BCUT2D eigenvalue weighted by Crippen LogP contribution is 2.18. The van der Waals surface area contributed by atoms with Crippen molar-refractivity contribution in [1.82, 2.24) is 25.5 Å². The number of aliphatic imine (C=N–C) groups is 1. The van der Waals surface area contributed by atoms with E-state index in [0.717, 1.165) is 61.5 Å². The number of halogens is 1. The van der Waals surface area contributed by atoms with Crippen molar-refractivity contribution in [1.29, 1.82) is 0 Å². The molecule has 3 rings (SSSR count). The molecule has 6 nitrogen and oxygen atoms in total. The molecular weight excluding hydrogens is 463 g/mol. The molecule has 1 aromatic carbocycles. The largest absolute Gasteiger partial charge is 0.357 e. The number of likely N-dealkylation sites (tertiary alicyclic amines) is 1. The minimum absolute atomic E-state index is 0. The molecule has 1 aromatic heterocycles. The van der Waals surface area contributed by atoms with Crippen molar-refractivity contribution in [3.8, 4) is 0 Å². The Bertz CT molecular complexity index is 696. The monoisotopic (exact) mass is 498 g/mol. The number of guanidine groups is 1. The molecule has 0 saturated carbocycles. The number of fused-ring (bicyclic) bond motifs is 1. The second-order valence-electron chi connectivity index (χ2n) is 7.23. The lowest BCUT2D eigenvalue weighted by molar-refractivity contribution is 0.148. The molecular formula is C21H35IN6. The van der Waals surface area contributed by atoms with E-state index in [0.29, 0.717) is 0 Å². The third kappa shape index (κ3) is 6.62. The van der Waals surface area contributed by atoms with Crippen LogP contribution in [0.3, 0.4) is 0 Å². The Morgan fingerprint density at radius 1 is 1.25 bits per heavy atom. The number of rotatable bonds is 8. The summed E-state index contributed by atoms with van der Waals surface area (Å²) in [6.45, 7) is 9.22. The molecule has 1 saturated heterocycles. The van der Waals surface area contributed by atoms with Crippen LogP contribution < -0.4 is 10.6 Å². The lowest BCUT2D eigenvalue weighted by Crippen LogP contribution is -2.42. The molecule has 1 fully saturated rings. The quantitative estimate of drug-likeness (QED) is 0.296. The van der Waals surface area contributed by atoms with Gasteiger partial charge in [-0.05, 0) is 44.9 Å². The van der Waals surface area contributed by atoms with Gasteiger partial charge >= 0.3 is 0 Å². The average molecular weight is 498 g/mol. The van der Waals surface area contributed by atoms with E-state index in [1.165, 1.54) is 32.2 Å². The standard InChI is InChI=1S/C21H34N6.HI/c1-3-17-9-7-8-15-27(17)16-14-24-21(22-4-2)23-13-12-20-25-18-10-5-6-11-19(18)26-20;/h5-6,10-11,17H,3-4,7-9,12-16H2,1-2H3,(H,25,26)(H2,22,23,24);1H. The summed E-state index contributed by atoms with van der Waals surface area (Å²) in [5.41, 5.74) is 2.13. The fraction of sp³-hybridized carbons (Fsp3) is 0.619. The number of H-pyrrole nitrogens is 1. The number of aromatic amines is 1. The van der Waals surface area contributed by atoms with Gasteiger partial charge < -0.3 is 15.6 Å². The maximum Gasteiger partial charge on any atom is 0.191 e. The second-order valence-corrected chi connectivity index (χ2v) is 7.23. The number of imidazole rings is 1. The Morgan fingerprint density at radius 2 is 2.11 bits per heavy atom. The molecule has 3 N–H and O–H groups in total. The summed E-state index contributed by atoms with van der Waals surface area (Å²) in [7, 11) is 0. The number of hydrogen-bond donors (Lipinski definition) is 3. The van der Waals surface area contributed by atoms with E-state index in [1.807, 2.05) is 18.2 Å². The number of hydrogen-bond acceptors (Lipinski definition) is 3. The van der Waals surface area contributed by atoms with E-state index in [-0.39, 0.29) is 24.0 Å². The van der Waals surface area contributed by atoms with Gasteiger partial charge in [0.25, 0.3) is 0 Å². The number of nitrogens with one attached hydrogen (secondary N) is 3. The Kier molecular flexibility index (Phi) is 10.0. The summed E-state index contributed by atoms with van der Waals surface area (Å²) in [5, 5.41) is 6.78. The molecule has 7 heteroatoms. The van der Waals surface area contributed by atoms with Gasteiger partial charge in [0.1, 0.15) is 5.82 Å². The highest BCUT2D eigenvalue weighted by Gasteiger charge is 2.19. The molecule has 0 radical (unpaired) electrons. The zero-order valence-electron chi connectivity index (χ0n) is 17.2. The third-order valence-corrected chi connectivity index (χ3v) is 5.31. The number of piperidine rings is 1. The topological polar surface area (TPSA) is 68.3 Å². The van der Waals surface area contributed by atoms with Crippen LogP contribution in [0.1, 0.15) is 45.4 Å². The molecule has 2 aromatic rings. The molecule has 1 unspecified atom stereocenters. The molecule has 156 valence electrons. The number of para-hydroxylation sites is 2. The maximum atomic E-state index is 4.77.